The number of carbonyl (C=O) groups is 20. The third-order valence-corrected chi connectivity index (χ3v) is 19.7. The molecule has 3 saturated heterocycles. The summed E-state index contributed by atoms with van der Waals surface area (Å²) in [5, 5.41) is 36.3. The normalized spacial score (nSPS) is 22.0. The zero-order chi connectivity index (χ0) is 96.1. The molecule has 3 aliphatic rings. The van der Waals surface area contributed by atoms with Crippen molar-refractivity contribution in [3.05, 3.63) is 0 Å². The van der Waals surface area contributed by atoms with Crippen molar-refractivity contribution in [3.63, 3.8) is 0 Å². The number of nitrogens with one attached hydrogen (secondary N) is 10. The van der Waals surface area contributed by atoms with Gasteiger partial charge >= 0.3 is 59.7 Å². The van der Waals surface area contributed by atoms with Crippen LogP contribution in [0.2, 0.25) is 0 Å². The number of unbranched alkanes of at least 4 members (excludes halogenated alkanes) is 8. The van der Waals surface area contributed by atoms with Crippen LogP contribution in [0.5, 0.6) is 0 Å². The highest BCUT2D eigenvalue weighted by atomic mass is 16.7. The lowest BCUT2D eigenvalue weighted by Crippen LogP contribution is -2.66. The van der Waals surface area contributed by atoms with Crippen LogP contribution in [0.25, 0.3) is 0 Å². The molecule has 0 aromatic carbocycles. The van der Waals surface area contributed by atoms with Crippen molar-refractivity contribution in [1.82, 2.24) is 53.2 Å². The van der Waals surface area contributed by atoms with Gasteiger partial charge in [-0.1, -0.05) is 44.9 Å². The molecule has 0 aromatic rings. The third-order valence-electron chi connectivity index (χ3n) is 19.7. The van der Waals surface area contributed by atoms with E-state index in [2.05, 4.69) is 53.2 Å². The molecular formula is C83H132N10O36. The Morgan fingerprint density at radius 2 is 0.504 bits per heavy atom. The summed E-state index contributed by atoms with van der Waals surface area (Å²) in [5.41, 5.74) is -1.40. The highest BCUT2D eigenvalue weighted by Gasteiger charge is 2.55. The first kappa shape index (κ1) is 112. The van der Waals surface area contributed by atoms with Gasteiger partial charge in [0.1, 0.15) is 56.3 Å². The summed E-state index contributed by atoms with van der Waals surface area (Å²) in [4.78, 5) is 253. The van der Waals surface area contributed by atoms with E-state index >= 15 is 0 Å². The van der Waals surface area contributed by atoms with Crippen LogP contribution in [-0.2, 0) is 167 Å². The number of aliphatic carboxylic acids is 1. The number of esters is 9. The molecule has 129 heavy (non-hydrogen) atoms. The van der Waals surface area contributed by atoms with E-state index in [1.165, 1.54) is 0 Å². The van der Waals surface area contributed by atoms with Crippen molar-refractivity contribution in [2.45, 2.75) is 328 Å². The maximum absolute atomic E-state index is 14.2. The Morgan fingerprint density at radius 3 is 0.736 bits per heavy atom. The van der Waals surface area contributed by atoms with Crippen molar-refractivity contribution in [2.24, 2.45) is 0 Å². The zero-order valence-electron chi connectivity index (χ0n) is 75.6. The summed E-state index contributed by atoms with van der Waals surface area (Å²) in [7, 11) is 0. The first-order valence-corrected chi connectivity index (χ1v) is 43.3. The van der Waals surface area contributed by atoms with Gasteiger partial charge in [0, 0.05) is 160 Å². The Labute approximate surface area is 748 Å². The predicted octanol–water partition coefficient (Wildman–Crippen LogP) is -0.386. The lowest BCUT2D eigenvalue weighted by molar-refractivity contribution is -0.277. The lowest BCUT2D eigenvalue weighted by Gasteiger charge is -2.44. The molecule has 730 valence electrons. The Kier molecular flexibility index (Phi) is 53.7. The van der Waals surface area contributed by atoms with Crippen LogP contribution in [0.1, 0.15) is 231 Å². The van der Waals surface area contributed by atoms with Gasteiger partial charge in [-0.15, -0.1) is 0 Å². The second-order valence-electron chi connectivity index (χ2n) is 31.1. The SMILES string of the molecule is CC(=O)NC1C(OC(C)=O)[C@@H](OC(C)=O)C(COC(C)=O)O[C@H]1OCCC(=O)NCCCNC(=O)CCC(CCC(=O)NCCCNC(=O)CCO[C@@H]1OC(COC(C)=O)[C@H](OC(C)=O)C(OC(C)=O)C1NC(C)=O)(CCC(=O)NCCCNC(=O)CCO[C@@H]1OC(COC(C)=O)[C@H](OC(C)=O)C(OC(C)=O)C1NC(C)=O)NC(=O)CCCCCCCCCCCC(=O)O. The molecule has 3 rings (SSSR count). The Bertz CT molecular complexity index is 3380. The minimum atomic E-state index is -1.43. The number of carboxylic acid groups (broad SMARTS) is 1. The molecule has 0 spiro atoms. The summed E-state index contributed by atoms with van der Waals surface area (Å²) in [6.07, 6.45) is -10.8. The van der Waals surface area contributed by atoms with Gasteiger partial charge in [-0.2, -0.15) is 0 Å². The third kappa shape index (κ3) is 48.4. The Morgan fingerprint density at radius 1 is 0.271 bits per heavy atom. The molecule has 0 bridgehead atoms. The average molecular weight is 1850 g/mol. The Balaban J connectivity index is 1.82. The van der Waals surface area contributed by atoms with Gasteiger partial charge in [-0.3, -0.25) is 95.9 Å². The van der Waals surface area contributed by atoms with Gasteiger partial charge in [0.05, 0.1) is 39.1 Å². The van der Waals surface area contributed by atoms with Gasteiger partial charge in [0.15, 0.2) is 55.5 Å². The number of hydrogen-bond donors (Lipinski definition) is 11. The van der Waals surface area contributed by atoms with Crippen LogP contribution in [0.4, 0.5) is 0 Å². The molecule has 10 amide bonds. The van der Waals surface area contributed by atoms with Crippen LogP contribution in [0.15, 0.2) is 0 Å². The monoisotopic (exact) mass is 1840 g/mol. The molecule has 9 unspecified atom stereocenters. The van der Waals surface area contributed by atoms with Crippen LogP contribution >= 0.6 is 0 Å². The number of rotatable bonds is 61. The predicted molar refractivity (Wildman–Crippen MR) is 443 cm³/mol. The molecule has 3 aliphatic heterocycles. The van der Waals surface area contributed by atoms with Gasteiger partial charge in [-0.05, 0) is 51.4 Å². The van der Waals surface area contributed by atoms with E-state index < -0.39 is 236 Å². The molecule has 46 nitrogen and oxygen atoms in total. The molecular weight excluding hydrogens is 1710 g/mol. The first-order valence-electron chi connectivity index (χ1n) is 43.3. The lowest BCUT2D eigenvalue weighted by atomic mass is 9.82. The molecule has 0 aliphatic carbocycles. The molecule has 0 radical (unpaired) electrons. The van der Waals surface area contributed by atoms with E-state index in [0.717, 1.165) is 122 Å². The van der Waals surface area contributed by atoms with E-state index in [1.54, 1.807) is 0 Å². The van der Waals surface area contributed by atoms with Crippen molar-refractivity contribution >= 4 is 119 Å². The van der Waals surface area contributed by atoms with Crippen molar-refractivity contribution in [2.75, 3.05) is 78.9 Å². The van der Waals surface area contributed by atoms with Gasteiger partial charge in [-0.25, -0.2) is 0 Å². The summed E-state index contributed by atoms with van der Waals surface area (Å²) in [6.45, 7) is 11.0. The second-order valence-corrected chi connectivity index (χ2v) is 31.1. The highest BCUT2D eigenvalue weighted by molar-refractivity contribution is 5.82. The quantitative estimate of drug-likeness (QED) is 0.0210. The number of ether oxygens (including phenoxy) is 15. The fraction of sp³-hybridized carbons (Fsp3) is 0.759. The Hall–Kier alpha value is -10.8. The molecule has 3 fully saturated rings. The highest BCUT2D eigenvalue weighted by Crippen LogP contribution is 2.33. The fourth-order valence-corrected chi connectivity index (χ4v) is 14.0. The molecule has 0 saturated carbocycles. The number of amides is 10. The van der Waals surface area contributed by atoms with Crippen LogP contribution in [0.3, 0.4) is 0 Å². The van der Waals surface area contributed by atoms with E-state index in [1.807, 2.05) is 0 Å². The van der Waals surface area contributed by atoms with Crippen LogP contribution in [0, 0.1) is 0 Å². The number of hydrogen-bond acceptors (Lipinski definition) is 35. The van der Waals surface area contributed by atoms with Gasteiger partial charge in [0.25, 0.3) is 0 Å². The standard InChI is InChI=1S/C83H132N10O36/c1-48(94)90-71-77(124-57(10)103)74(121-54(7)100)60(45-118-51(4)97)127-80(71)115-42-30-66(109)87-39-22-36-84-63(106)27-33-83(93-69(112)25-20-18-16-14-13-15-17-19-21-26-70(113)114,34-28-64(107)85-37-23-40-88-67(110)31-43-116-81-72(91-49(2)95)78(125-58(11)104)75(122-55(8)101)61(128-81)46-119-52(5)98)35-29-65(108)86-38-24-41-89-68(111)32-44-117-82-73(92-50(3)96)79(126-59(12)105)76(123-56(9)102)62(129-82)47-120-53(6)99/h60-62,71-82H,13-47H2,1-12H3,(H,84,106)(H,85,107)(H,86,108)(H,87,109)(H,88,110)(H,89,111)(H,90,94)(H,91,95)(H,92,96)(H,93,112)(H,113,114)/t60?,61?,62?,71?,72?,73?,74-,75-,76-,77?,78?,79?,80+,81+,82+,83?/m0/s1. The summed E-state index contributed by atoms with van der Waals surface area (Å²) in [6, 6.07) is -3.86. The molecule has 3 heterocycles. The summed E-state index contributed by atoms with van der Waals surface area (Å²) in [5.74, 6) is -13.3. The first-order chi connectivity index (χ1) is 61.1. The minimum absolute atomic E-state index is 0.0265. The van der Waals surface area contributed by atoms with Crippen molar-refractivity contribution < 1.29 is 172 Å². The van der Waals surface area contributed by atoms with E-state index in [4.69, 9.17) is 76.2 Å². The molecule has 15 atom stereocenters. The second kappa shape index (κ2) is 61.6. The minimum Gasteiger partial charge on any atom is -0.481 e. The number of carboxylic acids is 1. The van der Waals surface area contributed by atoms with Gasteiger partial charge < -0.3 is 129 Å². The topological polar surface area (TPSA) is 620 Å². The van der Waals surface area contributed by atoms with E-state index in [9.17, 15) is 95.9 Å². The average Bonchev–Trinajstić information content (AvgIpc) is 0.794. The van der Waals surface area contributed by atoms with Crippen LogP contribution in [-0.4, -0.2) is 300 Å². The van der Waals surface area contributed by atoms with Crippen molar-refractivity contribution in [3.8, 4) is 0 Å². The fourth-order valence-electron chi connectivity index (χ4n) is 14.0. The molecule has 0 aromatic heterocycles. The smallest absolute Gasteiger partial charge is 0.303 e. The molecule has 46 heteroatoms. The maximum atomic E-state index is 14.2. The van der Waals surface area contributed by atoms with Crippen molar-refractivity contribution in [1.29, 1.82) is 0 Å². The summed E-state index contributed by atoms with van der Waals surface area (Å²) >= 11 is 0. The zero-order valence-corrected chi connectivity index (χ0v) is 75.6. The van der Waals surface area contributed by atoms with E-state index in [-0.39, 0.29) is 149 Å². The van der Waals surface area contributed by atoms with Gasteiger partial charge in [0.2, 0.25) is 59.1 Å². The number of carbonyl (C=O) groups excluding carboxylic acids is 19. The van der Waals surface area contributed by atoms with E-state index in [0.29, 0.717) is 19.3 Å². The van der Waals surface area contributed by atoms with Crippen LogP contribution < -0.4 is 53.2 Å². The maximum Gasteiger partial charge on any atom is 0.303 e. The molecule has 11 N–H and O–H groups in total. The largest absolute Gasteiger partial charge is 0.481 e. The summed E-state index contributed by atoms with van der Waals surface area (Å²) < 4.78 is 83.8.